The maximum atomic E-state index is 6.25. The van der Waals surface area contributed by atoms with E-state index in [1.807, 2.05) is 32.9 Å². The van der Waals surface area contributed by atoms with Crippen LogP contribution in [0.5, 0.6) is 0 Å². The lowest BCUT2D eigenvalue weighted by atomic mass is 10.0. The minimum Gasteiger partial charge on any atom is -0.397 e. The van der Waals surface area contributed by atoms with Crippen LogP contribution in [-0.4, -0.2) is 23.9 Å². The lowest BCUT2D eigenvalue weighted by Crippen LogP contribution is -2.18. The van der Waals surface area contributed by atoms with Gasteiger partial charge < -0.3 is 20.3 Å². The molecule has 1 fully saturated rings. The Bertz CT molecular complexity index is 661. The lowest BCUT2D eigenvalue weighted by Gasteiger charge is -2.17. The Morgan fingerprint density at radius 2 is 2.17 bits per heavy atom. The minimum atomic E-state index is 0.375. The molecule has 1 saturated carbocycles. The summed E-state index contributed by atoms with van der Waals surface area (Å²) in [6.45, 7) is 6.70. The fourth-order valence-electron chi connectivity index (χ4n) is 3.42. The van der Waals surface area contributed by atoms with E-state index >= 15 is 0 Å². The van der Waals surface area contributed by atoms with Gasteiger partial charge in [0.05, 0.1) is 23.2 Å². The van der Waals surface area contributed by atoms with Gasteiger partial charge in [-0.3, -0.25) is 0 Å². The molecule has 124 valence electrons. The highest BCUT2D eigenvalue weighted by Crippen LogP contribution is 2.33. The molecule has 23 heavy (non-hydrogen) atoms. The van der Waals surface area contributed by atoms with Gasteiger partial charge in [0.1, 0.15) is 5.76 Å². The van der Waals surface area contributed by atoms with Gasteiger partial charge in [-0.15, -0.1) is 0 Å². The predicted molar refractivity (Wildman–Crippen MR) is 92.5 cm³/mol. The quantitative estimate of drug-likeness (QED) is 0.818. The fraction of sp³-hybridized carbons (Fsp3) is 0.500. The minimum absolute atomic E-state index is 0.375. The summed E-state index contributed by atoms with van der Waals surface area (Å²) in [6.07, 6.45) is 3.65. The van der Waals surface area contributed by atoms with Crippen LogP contribution in [0.25, 0.3) is 11.1 Å². The zero-order valence-electron chi connectivity index (χ0n) is 14.1. The van der Waals surface area contributed by atoms with E-state index in [-0.39, 0.29) is 0 Å². The second-order valence-electron chi connectivity index (χ2n) is 6.23. The first-order valence-corrected chi connectivity index (χ1v) is 8.29. The molecule has 0 spiro atoms. The van der Waals surface area contributed by atoms with Crippen molar-refractivity contribution in [3.8, 4) is 11.1 Å². The lowest BCUT2D eigenvalue weighted by molar-refractivity contribution is 0.0679. The molecule has 3 rings (SSSR count). The number of nitrogen functional groups attached to an aromatic ring is 1. The van der Waals surface area contributed by atoms with Crippen molar-refractivity contribution < 1.29 is 9.26 Å². The molecule has 1 heterocycles. The second-order valence-corrected chi connectivity index (χ2v) is 6.23. The molecule has 1 unspecified atom stereocenters. The third-order valence-corrected chi connectivity index (χ3v) is 4.52. The molecule has 2 aromatic rings. The van der Waals surface area contributed by atoms with E-state index in [1.165, 1.54) is 0 Å². The third kappa shape index (κ3) is 3.34. The number of hydrogen-bond acceptors (Lipinski definition) is 5. The van der Waals surface area contributed by atoms with Crippen LogP contribution >= 0.6 is 0 Å². The van der Waals surface area contributed by atoms with Crippen molar-refractivity contribution in [1.82, 2.24) is 5.16 Å². The van der Waals surface area contributed by atoms with E-state index in [1.54, 1.807) is 0 Å². The summed E-state index contributed by atoms with van der Waals surface area (Å²) < 4.78 is 10.9. The van der Waals surface area contributed by atoms with Crippen LogP contribution in [-0.2, 0) is 4.74 Å². The van der Waals surface area contributed by atoms with Crippen LogP contribution < -0.4 is 11.1 Å². The Labute approximate surface area is 137 Å². The topological polar surface area (TPSA) is 73.3 Å². The van der Waals surface area contributed by atoms with Gasteiger partial charge in [-0.1, -0.05) is 11.2 Å². The maximum absolute atomic E-state index is 6.25. The van der Waals surface area contributed by atoms with Crippen LogP contribution in [0.1, 0.15) is 37.6 Å². The van der Waals surface area contributed by atoms with Crippen LogP contribution in [0.2, 0.25) is 0 Å². The number of anilines is 2. The van der Waals surface area contributed by atoms with Crippen molar-refractivity contribution in [2.45, 2.75) is 52.2 Å². The number of aromatic nitrogens is 1. The van der Waals surface area contributed by atoms with Gasteiger partial charge in [-0.05, 0) is 57.7 Å². The van der Waals surface area contributed by atoms with Gasteiger partial charge in [0.15, 0.2) is 0 Å². The third-order valence-electron chi connectivity index (χ3n) is 4.52. The highest BCUT2D eigenvalue weighted by atomic mass is 16.5. The highest BCUT2D eigenvalue weighted by Gasteiger charge is 2.25. The molecule has 0 aliphatic heterocycles. The van der Waals surface area contributed by atoms with E-state index in [2.05, 4.69) is 16.5 Å². The molecule has 1 aliphatic rings. The molecular formula is C18H25N3O2. The summed E-state index contributed by atoms with van der Waals surface area (Å²) in [5, 5.41) is 7.56. The Morgan fingerprint density at radius 3 is 2.83 bits per heavy atom. The summed E-state index contributed by atoms with van der Waals surface area (Å²) in [5.41, 5.74) is 11.0. The van der Waals surface area contributed by atoms with E-state index in [0.29, 0.717) is 12.1 Å². The Morgan fingerprint density at radius 1 is 1.35 bits per heavy atom. The number of rotatable bonds is 5. The van der Waals surface area contributed by atoms with Crippen LogP contribution in [0, 0.1) is 13.8 Å². The van der Waals surface area contributed by atoms with Crippen molar-refractivity contribution in [1.29, 1.82) is 0 Å². The van der Waals surface area contributed by atoms with Crippen molar-refractivity contribution in [2.75, 3.05) is 17.7 Å². The molecule has 0 saturated heterocycles. The van der Waals surface area contributed by atoms with E-state index < -0.39 is 0 Å². The van der Waals surface area contributed by atoms with Gasteiger partial charge in [-0.2, -0.15) is 0 Å². The number of aryl methyl sites for hydroxylation is 2. The molecule has 2 atom stereocenters. The number of nitrogens with two attached hydrogens (primary N) is 1. The maximum Gasteiger partial charge on any atom is 0.141 e. The number of hydrogen-bond donors (Lipinski definition) is 2. The Hall–Kier alpha value is -2.01. The summed E-state index contributed by atoms with van der Waals surface area (Å²) in [7, 11) is 0. The number of benzene rings is 1. The normalized spacial score (nSPS) is 20.8. The second kappa shape index (κ2) is 6.62. The Kier molecular flexibility index (Phi) is 4.57. The molecule has 5 heteroatoms. The summed E-state index contributed by atoms with van der Waals surface area (Å²) in [4.78, 5) is 0. The molecule has 1 aromatic heterocycles. The average Bonchev–Trinajstić information content (AvgIpc) is 3.09. The van der Waals surface area contributed by atoms with Gasteiger partial charge in [-0.25, -0.2) is 0 Å². The zero-order valence-corrected chi connectivity index (χ0v) is 14.1. The molecule has 3 N–H and O–H groups in total. The number of ether oxygens (including phenoxy) is 1. The van der Waals surface area contributed by atoms with Gasteiger partial charge in [0.25, 0.3) is 0 Å². The fourth-order valence-corrected chi connectivity index (χ4v) is 3.42. The molecule has 0 amide bonds. The van der Waals surface area contributed by atoms with Crippen molar-refractivity contribution in [2.24, 2.45) is 0 Å². The highest BCUT2D eigenvalue weighted by molar-refractivity contribution is 5.77. The molecular weight excluding hydrogens is 290 g/mol. The monoisotopic (exact) mass is 315 g/mol. The van der Waals surface area contributed by atoms with Gasteiger partial charge in [0.2, 0.25) is 0 Å². The molecule has 1 aliphatic carbocycles. The van der Waals surface area contributed by atoms with E-state index in [9.17, 15) is 0 Å². The standard InChI is InChI=1S/C18H25N3O2/c1-4-22-15-7-6-14(10-15)20-17-8-5-13(9-16(17)19)18-11(2)21-23-12(18)3/h5,8-9,14-15,20H,4,6-7,10,19H2,1-3H3/t14-,15?/m1/s1. The molecule has 0 bridgehead atoms. The summed E-state index contributed by atoms with van der Waals surface area (Å²) in [5.74, 6) is 0.818. The van der Waals surface area contributed by atoms with Crippen molar-refractivity contribution >= 4 is 11.4 Å². The summed E-state index contributed by atoms with van der Waals surface area (Å²) >= 11 is 0. The Balaban J connectivity index is 1.73. The van der Waals surface area contributed by atoms with Crippen molar-refractivity contribution in [3.63, 3.8) is 0 Å². The SMILES string of the molecule is CCOC1CC[C@@H](Nc2ccc(-c3c(C)noc3C)cc2N)C1. The van der Waals surface area contributed by atoms with Crippen LogP contribution in [0.3, 0.4) is 0 Å². The van der Waals surface area contributed by atoms with E-state index in [4.69, 9.17) is 15.0 Å². The molecule has 1 aromatic carbocycles. The first kappa shape index (κ1) is 15.9. The largest absolute Gasteiger partial charge is 0.397 e. The van der Waals surface area contributed by atoms with Crippen molar-refractivity contribution in [3.05, 3.63) is 29.7 Å². The van der Waals surface area contributed by atoms with E-state index in [0.717, 1.165) is 59.8 Å². The predicted octanol–water partition coefficient (Wildman–Crippen LogP) is 3.91. The first-order chi connectivity index (χ1) is 11.1. The average molecular weight is 315 g/mol. The van der Waals surface area contributed by atoms with Crippen LogP contribution in [0.4, 0.5) is 11.4 Å². The molecule has 0 radical (unpaired) electrons. The summed E-state index contributed by atoms with van der Waals surface area (Å²) in [6, 6.07) is 6.54. The van der Waals surface area contributed by atoms with Gasteiger partial charge in [0, 0.05) is 18.2 Å². The molecule has 5 nitrogen and oxygen atoms in total. The first-order valence-electron chi connectivity index (χ1n) is 8.29. The smallest absolute Gasteiger partial charge is 0.141 e. The number of nitrogens with zero attached hydrogens (tertiary/aromatic N) is 1. The van der Waals surface area contributed by atoms with Gasteiger partial charge >= 0.3 is 0 Å². The zero-order chi connectivity index (χ0) is 16.4. The van der Waals surface area contributed by atoms with Crippen LogP contribution in [0.15, 0.2) is 22.7 Å². The number of nitrogens with one attached hydrogen (secondary N) is 1.